The predicted octanol–water partition coefficient (Wildman–Crippen LogP) is -1.07. The number of hydrogen-bond donors (Lipinski definition) is 4. The highest BCUT2D eigenvalue weighted by molar-refractivity contribution is 5.77. The topological polar surface area (TPSA) is 118 Å². The van der Waals surface area contributed by atoms with Crippen LogP contribution in [0.1, 0.15) is 24.5 Å². The second kappa shape index (κ2) is 4.32. The van der Waals surface area contributed by atoms with Crippen molar-refractivity contribution in [3.8, 4) is 0 Å². The number of aliphatic hydroxyl groups excluding tert-OH is 2. The number of nitrogens with zero attached hydrogens (tertiary/aromatic N) is 3. The van der Waals surface area contributed by atoms with Crippen molar-refractivity contribution in [3.63, 3.8) is 0 Å². The maximum Gasteiger partial charge on any atom is 0.145 e. The van der Waals surface area contributed by atoms with Gasteiger partial charge in [-0.2, -0.15) is 0 Å². The summed E-state index contributed by atoms with van der Waals surface area (Å²) in [6, 6.07) is 0. The van der Waals surface area contributed by atoms with Gasteiger partial charge in [0.25, 0.3) is 0 Å². The largest absolute Gasteiger partial charge is 0.394 e. The number of fused-ring (bicyclic) bond motifs is 1. The molecule has 0 aliphatic carbocycles. The molecule has 3 rings (SSSR count). The summed E-state index contributed by atoms with van der Waals surface area (Å²) in [7, 11) is 0. The first kappa shape index (κ1) is 11.6. The van der Waals surface area contributed by atoms with Gasteiger partial charge >= 0.3 is 0 Å². The number of ether oxygens (including phenoxy) is 1. The van der Waals surface area contributed by atoms with Crippen LogP contribution < -0.4 is 11.1 Å². The number of rotatable bonds is 2. The number of aliphatic imine (C=N–C) groups is 1. The van der Waals surface area contributed by atoms with E-state index in [2.05, 4.69) is 15.3 Å². The number of aliphatic hydroxyl groups is 2. The van der Waals surface area contributed by atoms with E-state index in [-0.39, 0.29) is 12.8 Å². The first-order valence-electron chi connectivity index (χ1n) is 5.75. The summed E-state index contributed by atoms with van der Waals surface area (Å²) in [5, 5.41) is 21.8. The maximum atomic E-state index is 9.72. The monoisotopic (exact) mass is 253 g/mol. The molecule has 0 saturated carbocycles. The van der Waals surface area contributed by atoms with Crippen LogP contribution in [-0.4, -0.2) is 44.9 Å². The molecule has 2 aliphatic rings. The van der Waals surface area contributed by atoms with E-state index in [1.807, 2.05) is 0 Å². The third kappa shape index (κ3) is 1.70. The zero-order valence-electron chi connectivity index (χ0n) is 9.60. The minimum atomic E-state index is -0.677. The third-order valence-electron chi connectivity index (χ3n) is 3.23. The number of aromatic nitrogens is 2. The average Bonchev–Trinajstić information content (AvgIpc) is 2.93. The molecule has 1 saturated heterocycles. The fraction of sp³-hybridized carbons (Fsp3) is 0.600. The molecule has 5 N–H and O–H groups in total. The molecule has 4 atom stereocenters. The van der Waals surface area contributed by atoms with Crippen LogP contribution in [0.2, 0.25) is 0 Å². The maximum absolute atomic E-state index is 9.72. The molecular weight excluding hydrogens is 238 g/mol. The van der Waals surface area contributed by atoms with Gasteiger partial charge in [-0.05, 0) is 0 Å². The van der Waals surface area contributed by atoms with Crippen molar-refractivity contribution in [3.05, 3.63) is 12.0 Å². The van der Waals surface area contributed by atoms with Gasteiger partial charge in [-0.15, -0.1) is 0 Å². The van der Waals surface area contributed by atoms with Gasteiger partial charge in [0.05, 0.1) is 25.4 Å². The van der Waals surface area contributed by atoms with Crippen LogP contribution in [0.5, 0.6) is 0 Å². The molecule has 98 valence electrons. The molecule has 8 nitrogen and oxygen atoms in total. The summed E-state index contributed by atoms with van der Waals surface area (Å²) in [6.07, 6.45) is 1.44. The van der Waals surface area contributed by atoms with Gasteiger partial charge in [0.2, 0.25) is 0 Å². The molecule has 3 heterocycles. The van der Waals surface area contributed by atoms with E-state index >= 15 is 0 Å². The van der Waals surface area contributed by atoms with Crippen molar-refractivity contribution in [1.82, 2.24) is 9.55 Å². The smallest absolute Gasteiger partial charge is 0.145 e. The van der Waals surface area contributed by atoms with Gasteiger partial charge in [-0.25, -0.2) is 4.98 Å². The number of nitrogens with one attached hydrogen (secondary N) is 1. The van der Waals surface area contributed by atoms with Crippen molar-refractivity contribution >= 4 is 12.2 Å². The Morgan fingerprint density at radius 1 is 1.61 bits per heavy atom. The number of nitrogens with two attached hydrogens (primary N) is 1. The molecule has 0 aromatic carbocycles. The Labute approximate surface area is 103 Å². The zero-order valence-corrected chi connectivity index (χ0v) is 9.60. The Morgan fingerprint density at radius 3 is 3.17 bits per heavy atom. The van der Waals surface area contributed by atoms with Crippen molar-refractivity contribution < 1.29 is 14.9 Å². The highest BCUT2D eigenvalue weighted by atomic mass is 16.5. The van der Waals surface area contributed by atoms with Crippen LogP contribution >= 0.6 is 0 Å². The van der Waals surface area contributed by atoms with Gasteiger partial charge in [0.1, 0.15) is 30.0 Å². The number of hydrogen-bond acceptors (Lipinski definition) is 7. The fourth-order valence-corrected chi connectivity index (χ4v) is 2.26. The van der Waals surface area contributed by atoms with Crippen LogP contribution in [0.15, 0.2) is 11.3 Å². The van der Waals surface area contributed by atoms with E-state index in [0.717, 1.165) is 0 Å². The van der Waals surface area contributed by atoms with Gasteiger partial charge in [-0.3, -0.25) is 9.56 Å². The van der Waals surface area contributed by atoms with Gasteiger partial charge in [0.15, 0.2) is 0 Å². The summed E-state index contributed by atoms with van der Waals surface area (Å²) >= 11 is 0. The first-order valence-corrected chi connectivity index (χ1v) is 5.75. The predicted molar refractivity (Wildman–Crippen MR) is 62.9 cm³/mol. The average molecular weight is 253 g/mol. The summed E-state index contributed by atoms with van der Waals surface area (Å²) in [4.78, 5) is 8.19. The van der Waals surface area contributed by atoms with E-state index in [1.165, 1.54) is 6.34 Å². The van der Waals surface area contributed by atoms with E-state index in [1.54, 1.807) is 10.9 Å². The van der Waals surface area contributed by atoms with E-state index in [4.69, 9.17) is 15.6 Å². The fourth-order valence-electron chi connectivity index (χ4n) is 2.26. The van der Waals surface area contributed by atoms with Crippen LogP contribution in [0.4, 0.5) is 5.82 Å². The van der Waals surface area contributed by atoms with Crippen LogP contribution in [0.25, 0.3) is 0 Å². The Morgan fingerprint density at radius 2 is 2.44 bits per heavy atom. The van der Waals surface area contributed by atoms with Crippen LogP contribution in [0, 0.1) is 0 Å². The molecule has 1 aromatic rings. The standard InChI is InChI=1S/C10H15N5O3/c11-9-8-10(13-3-12-9)15(4-14-8)7-1-5(17)6(2-16)18-7/h3-7,9,16-17H,1-2,11H2,(H,12,13). The third-order valence-corrected chi connectivity index (χ3v) is 3.23. The lowest BCUT2D eigenvalue weighted by atomic mass is 10.2. The molecule has 0 radical (unpaired) electrons. The normalized spacial score (nSPS) is 34.4. The van der Waals surface area contributed by atoms with Gasteiger partial charge in [-0.1, -0.05) is 0 Å². The van der Waals surface area contributed by atoms with Crippen molar-refractivity contribution in [2.24, 2.45) is 10.7 Å². The summed E-state index contributed by atoms with van der Waals surface area (Å²) in [5.41, 5.74) is 6.44. The summed E-state index contributed by atoms with van der Waals surface area (Å²) in [5.74, 6) is 0.716. The number of imidazole rings is 1. The highest BCUT2D eigenvalue weighted by Gasteiger charge is 2.36. The Kier molecular flexibility index (Phi) is 2.78. The Balaban J connectivity index is 1.87. The second-order valence-electron chi connectivity index (χ2n) is 4.37. The minimum absolute atomic E-state index is 0.205. The van der Waals surface area contributed by atoms with Gasteiger partial charge < -0.3 is 26.0 Å². The lowest BCUT2D eigenvalue weighted by molar-refractivity contribution is -0.0437. The SMILES string of the molecule is NC1N=CNc2c1ncn2C1CC(O)C(CO)O1. The molecule has 0 spiro atoms. The van der Waals surface area contributed by atoms with Gasteiger partial charge in [0, 0.05) is 6.42 Å². The molecule has 2 aliphatic heterocycles. The minimum Gasteiger partial charge on any atom is -0.394 e. The number of anilines is 1. The molecule has 4 unspecified atom stereocenters. The molecule has 8 heteroatoms. The van der Waals surface area contributed by atoms with Crippen LogP contribution in [0.3, 0.4) is 0 Å². The highest BCUT2D eigenvalue weighted by Crippen LogP contribution is 2.34. The quantitative estimate of drug-likeness (QED) is 0.533. The van der Waals surface area contributed by atoms with Crippen molar-refractivity contribution in [2.45, 2.75) is 31.0 Å². The van der Waals surface area contributed by atoms with E-state index in [0.29, 0.717) is 17.9 Å². The van der Waals surface area contributed by atoms with Crippen molar-refractivity contribution in [1.29, 1.82) is 0 Å². The van der Waals surface area contributed by atoms with E-state index < -0.39 is 18.4 Å². The molecule has 18 heavy (non-hydrogen) atoms. The van der Waals surface area contributed by atoms with E-state index in [9.17, 15) is 5.11 Å². The van der Waals surface area contributed by atoms with Crippen LogP contribution in [-0.2, 0) is 4.74 Å². The Bertz CT molecular complexity index is 474. The molecule has 0 bridgehead atoms. The lowest BCUT2D eigenvalue weighted by Gasteiger charge is -2.19. The molecule has 1 fully saturated rings. The first-order chi connectivity index (χ1) is 8.70. The Hall–Kier alpha value is -1.48. The zero-order chi connectivity index (χ0) is 12.7. The second-order valence-corrected chi connectivity index (χ2v) is 4.37. The molecule has 1 aromatic heterocycles. The summed E-state index contributed by atoms with van der Waals surface area (Å²) < 4.78 is 7.33. The molecule has 0 amide bonds. The van der Waals surface area contributed by atoms with Crippen molar-refractivity contribution in [2.75, 3.05) is 11.9 Å². The summed E-state index contributed by atoms with van der Waals surface area (Å²) in [6.45, 7) is -0.205. The molecular formula is C10H15N5O3. The lowest BCUT2D eigenvalue weighted by Crippen LogP contribution is -2.24.